The molecule has 0 bridgehead atoms. The van der Waals surface area contributed by atoms with E-state index in [0.717, 1.165) is 32.4 Å². The molecule has 2 heterocycles. The third-order valence-corrected chi connectivity index (χ3v) is 4.48. The number of carbonyl (C=O) groups is 1. The van der Waals surface area contributed by atoms with Crippen LogP contribution in [-0.2, 0) is 0 Å². The van der Waals surface area contributed by atoms with Crippen molar-refractivity contribution in [2.45, 2.75) is 51.2 Å². The van der Waals surface area contributed by atoms with Crippen molar-refractivity contribution in [1.29, 1.82) is 0 Å². The van der Waals surface area contributed by atoms with E-state index in [1.807, 2.05) is 11.8 Å². The molecule has 6 nitrogen and oxygen atoms in total. The number of hydrogen-bond donors (Lipinski definition) is 1. The molecule has 1 aromatic rings. The molecule has 22 heavy (non-hydrogen) atoms. The highest BCUT2D eigenvalue weighted by Crippen LogP contribution is 2.39. The van der Waals surface area contributed by atoms with Crippen LogP contribution in [0.15, 0.2) is 10.7 Å². The molecule has 0 aromatic carbocycles. The van der Waals surface area contributed by atoms with Crippen LogP contribution in [0.2, 0.25) is 0 Å². The summed E-state index contributed by atoms with van der Waals surface area (Å²) in [7, 11) is 0. The maximum Gasteiger partial charge on any atom is 0.276 e. The van der Waals surface area contributed by atoms with E-state index in [2.05, 4.69) is 9.88 Å². The first-order valence-electron chi connectivity index (χ1n) is 8.25. The summed E-state index contributed by atoms with van der Waals surface area (Å²) in [5, 5.41) is 9.50. The summed E-state index contributed by atoms with van der Waals surface area (Å²) in [4.78, 5) is 21.1. The number of amides is 1. The standard InChI is InChI=1S/C16H25N3O3/c1-3-19(13-6-7-18(9-13)8-11(2)20)16(21)14-10-22-15(17-14)12-4-5-12/h10-13,20H,3-9H2,1-2H3. The van der Waals surface area contributed by atoms with Gasteiger partial charge in [0.2, 0.25) is 0 Å². The summed E-state index contributed by atoms with van der Waals surface area (Å²) in [5.74, 6) is 1.09. The summed E-state index contributed by atoms with van der Waals surface area (Å²) in [6.07, 6.45) is 4.34. The molecule has 1 N–H and O–H groups in total. The second kappa shape index (κ2) is 6.38. The highest BCUT2D eigenvalue weighted by Gasteiger charge is 2.33. The van der Waals surface area contributed by atoms with E-state index in [9.17, 15) is 9.90 Å². The van der Waals surface area contributed by atoms with Crippen molar-refractivity contribution in [3.63, 3.8) is 0 Å². The Labute approximate surface area is 131 Å². The van der Waals surface area contributed by atoms with E-state index in [0.29, 0.717) is 30.6 Å². The SMILES string of the molecule is CCN(C(=O)c1coc(C2CC2)n1)C1CCN(CC(C)O)C1. The average Bonchev–Trinajstić information content (AvgIpc) is 3.03. The summed E-state index contributed by atoms with van der Waals surface area (Å²) < 4.78 is 5.44. The van der Waals surface area contributed by atoms with E-state index < -0.39 is 0 Å². The molecule has 6 heteroatoms. The fraction of sp³-hybridized carbons (Fsp3) is 0.750. The van der Waals surface area contributed by atoms with Crippen LogP contribution < -0.4 is 0 Å². The number of hydrogen-bond acceptors (Lipinski definition) is 5. The van der Waals surface area contributed by atoms with Gasteiger partial charge in [0.25, 0.3) is 5.91 Å². The van der Waals surface area contributed by atoms with Crippen molar-refractivity contribution >= 4 is 5.91 Å². The molecule has 1 saturated heterocycles. The number of likely N-dealkylation sites (N-methyl/N-ethyl adjacent to an activating group) is 1. The van der Waals surface area contributed by atoms with Crippen LogP contribution in [-0.4, -0.2) is 64.1 Å². The molecule has 2 fully saturated rings. The zero-order valence-electron chi connectivity index (χ0n) is 13.4. The molecule has 1 aliphatic heterocycles. The van der Waals surface area contributed by atoms with Crippen LogP contribution in [0, 0.1) is 0 Å². The minimum absolute atomic E-state index is 0.0398. The van der Waals surface area contributed by atoms with Gasteiger partial charge in [0.05, 0.1) is 6.10 Å². The number of rotatable bonds is 6. The Kier molecular flexibility index (Phi) is 4.49. The molecule has 3 rings (SSSR count). The molecule has 0 spiro atoms. The van der Waals surface area contributed by atoms with Crippen molar-refractivity contribution < 1.29 is 14.3 Å². The number of aromatic nitrogens is 1. The lowest BCUT2D eigenvalue weighted by atomic mass is 10.2. The number of aliphatic hydroxyl groups excluding tert-OH is 1. The van der Waals surface area contributed by atoms with Gasteiger partial charge in [0, 0.05) is 38.1 Å². The molecule has 0 radical (unpaired) electrons. The lowest BCUT2D eigenvalue weighted by Crippen LogP contribution is -2.42. The normalized spacial score (nSPS) is 23.7. The molecule has 1 aromatic heterocycles. The van der Waals surface area contributed by atoms with Crippen LogP contribution in [0.3, 0.4) is 0 Å². The maximum atomic E-state index is 12.7. The second-order valence-electron chi connectivity index (χ2n) is 6.49. The number of nitrogens with zero attached hydrogens (tertiary/aromatic N) is 3. The van der Waals surface area contributed by atoms with E-state index in [1.165, 1.54) is 6.26 Å². The molecule has 2 unspecified atom stereocenters. The molecule has 1 aliphatic carbocycles. The third kappa shape index (κ3) is 3.33. The maximum absolute atomic E-state index is 12.7. The Bertz CT molecular complexity index is 524. The molecule has 1 amide bonds. The Morgan fingerprint density at radius 2 is 2.32 bits per heavy atom. The number of β-amino-alcohol motifs (C(OH)–C–C–N with tert-alkyl or cyclic N) is 1. The van der Waals surface area contributed by atoms with Gasteiger partial charge in [0.15, 0.2) is 11.6 Å². The Morgan fingerprint density at radius 1 is 1.55 bits per heavy atom. The molecular formula is C16H25N3O3. The quantitative estimate of drug-likeness (QED) is 0.862. The first kappa shape index (κ1) is 15.5. The highest BCUT2D eigenvalue weighted by molar-refractivity contribution is 5.92. The van der Waals surface area contributed by atoms with Crippen LogP contribution >= 0.6 is 0 Å². The lowest BCUT2D eigenvalue weighted by Gasteiger charge is -2.27. The predicted molar refractivity (Wildman–Crippen MR) is 81.7 cm³/mol. The fourth-order valence-electron chi connectivity index (χ4n) is 3.22. The fourth-order valence-corrected chi connectivity index (χ4v) is 3.22. The third-order valence-electron chi connectivity index (χ3n) is 4.48. The number of oxazole rings is 1. The van der Waals surface area contributed by atoms with E-state index >= 15 is 0 Å². The van der Waals surface area contributed by atoms with E-state index in [1.54, 1.807) is 6.92 Å². The van der Waals surface area contributed by atoms with Crippen LogP contribution in [0.25, 0.3) is 0 Å². The molecule has 2 aliphatic rings. The largest absolute Gasteiger partial charge is 0.448 e. The minimum Gasteiger partial charge on any atom is -0.448 e. The van der Waals surface area contributed by atoms with Gasteiger partial charge >= 0.3 is 0 Å². The topological polar surface area (TPSA) is 69.8 Å². The van der Waals surface area contributed by atoms with Crippen molar-refractivity contribution in [2.24, 2.45) is 0 Å². The predicted octanol–water partition coefficient (Wildman–Crippen LogP) is 1.47. The van der Waals surface area contributed by atoms with Crippen molar-refractivity contribution in [3.8, 4) is 0 Å². The average molecular weight is 307 g/mol. The lowest BCUT2D eigenvalue weighted by molar-refractivity contribution is 0.0681. The van der Waals surface area contributed by atoms with Gasteiger partial charge in [-0.25, -0.2) is 4.98 Å². The van der Waals surface area contributed by atoms with Gasteiger partial charge < -0.3 is 14.4 Å². The second-order valence-corrected chi connectivity index (χ2v) is 6.49. The number of carbonyl (C=O) groups excluding carboxylic acids is 1. The van der Waals surface area contributed by atoms with Gasteiger partial charge in [-0.3, -0.25) is 9.69 Å². The summed E-state index contributed by atoms with van der Waals surface area (Å²) in [5.41, 5.74) is 0.428. The first-order valence-corrected chi connectivity index (χ1v) is 8.25. The van der Waals surface area contributed by atoms with E-state index in [4.69, 9.17) is 4.42 Å². The zero-order valence-corrected chi connectivity index (χ0v) is 13.4. The summed E-state index contributed by atoms with van der Waals surface area (Å²) in [6.45, 7) is 6.86. The van der Waals surface area contributed by atoms with Crippen LogP contribution in [0.5, 0.6) is 0 Å². The highest BCUT2D eigenvalue weighted by atomic mass is 16.3. The molecular weight excluding hydrogens is 282 g/mol. The van der Waals surface area contributed by atoms with E-state index in [-0.39, 0.29) is 18.1 Å². The monoisotopic (exact) mass is 307 g/mol. The number of likely N-dealkylation sites (tertiary alicyclic amines) is 1. The van der Waals surface area contributed by atoms with Gasteiger partial charge in [-0.2, -0.15) is 0 Å². The van der Waals surface area contributed by atoms with Gasteiger partial charge in [-0.1, -0.05) is 0 Å². The van der Waals surface area contributed by atoms with Gasteiger partial charge in [-0.15, -0.1) is 0 Å². The van der Waals surface area contributed by atoms with Gasteiger partial charge in [-0.05, 0) is 33.1 Å². The minimum atomic E-state index is -0.332. The zero-order chi connectivity index (χ0) is 15.7. The Hall–Kier alpha value is -1.40. The summed E-state index contributed by atoms with van der Waals surface area (Å²) in [6, 6.07) is 0.192. The van der Waals surface area contributed by atoms with Crippen LogP contribution in [0.1, 0.15) is 55.4 Å². The van der Waals surface area contributed by atoms with Crippen molar-refractivity contribution in [1.82, 2.24) is 14.8 Å². The Balaban J connectivity index is 1.64. The molecule has 2 atom stereocenters. The van der Waals surface area contributed by atoms with Crippen LogP contribution in [0.4, 0.5) is 0 Å². The summed E-state index contributed by atoms with van der Waals surface area (Å²) >= 11 is 0. The Morgan fingerprint density at radius 3 is 2.95 bits per heavy atom. The number of aliphatic hydroxyl groups is 1. The van der Waals surface area contributed by atoms with Gasteiger partial charge in [0.1, 0.15) is 6.26 Å². The van der Waals surface area contributed by atoms with Crippen molar-refractivity contribution in [3.05, 3.63) is 17.8 Å². The smallest absolute Gasteiger partial charge is 0.276 e. The molecule has 122 valence electrons. The van der Waals surface area contributed by atoms with Crippen molar-refractivity contribution in [2.75, 3.05) is 26.2 Å². The molecule has 1 saturated carbocycles. The first-order chi connectivity index (χ1) is 10.6.